The number of aromatic nitrogens is 2. The molecule has 1 aromatic heterocycles. The zero-order valence-electron chi connectivity index (χ0n) is 8.48. The average molecular weight is 189 g/mol. The molecule has 1 aliphatic heterocycles. The first-order valence-electron chi connectivity index (χ1n) is 5.42. The number of aryl methyl sites for hydroxylation is 1. The Morgan fingerprint density at radius 2 is 1.93 bits per heavy atom. The van der Waals surface area contributed by atoms with Gasteiger partial charge in [-0.2, -0.15) is 0 Å². The van der Waals surface area contributed by atoms with Crippen LogP contribution in [0.5, 0.6) is 0 Å². The maximum atomic E-state index is 4.40. The fourth-order valence-electron chi connectivity index (χ4n) is 2.26. The Bertz CT molecular complexity index is 323. The minimum Gasteiger partial charge on any atom is -0.340 e. The largest absolute Gasteiger partial charge is 0.340 e. The molecular formula is C11H15N3. The van der Waals surface area contributed by atoms with Crippen molar-refractivity contribution < 1.29 is 0 Å². The van der Waals surface area contributed by atoms with Gasteiger partial charge in [0.25, 0.3) is 0 Å². The summed E-state index contributed by atoms with van der Waals surface area (Å²) in [5.41, 5.74) is 1.22. The lowest BCUT2D eigenvalue weighted by molar-refractivity contribution is 0.784. The number of fused-ring (bicyclic) bond motifs is 1. The monoisotopic (exact) mass is 189 g/mol. The van der Waals surface area contributed by atoms with Crippen molar-refractivity contribution >= 4 is 5.95 Å². The van der Waals surface area contributed by atoms with Gasteiger partial charge in [-0.25, -0.2) is 9.97 Å². The van der Waals surface area contributed by atoms with Gasteiger partial charge in [0.1, 0.15) is 0 Å². The fraction of sp³-hybridized carbons (Fsp3) is 0.636. The molecule has 3 nitrogen and oxygen atoms in total. The molecule has 1 saturated heterocycles. The molecule has 0 bridgehead atoms. The van der Waals surface area contributed by atoms with Crippen LogP contribution in [0.4, 0.5) is 5.95 Å². The third-order valence-corrected chi connectivity index (χ3v) is 3.36. The van der Waals surface area contributed by atoms with Gasteiger partial charge in [0, 0.05) is 25.5 Å². The van der Waals surface area contributed by atoms with Crippen molar-refractivity contribution in [3.63, 3.8) is 0 Å². The maximum Gasteiger partial charge on any atom is 0.225 e. The zero-order chi connectivity index (χ0) is 9.54. The van der Waals surface area contributed by atoms with Gasteiger partial charge >= 0.3 is 0 Å². The van der Waals surface area contributed by atoms with Crippen LogP contribution in [0.2, 0.25) is 0 Å². The van der Waals surface area contributed by atoms with Crippen LogP contribution >= 0.6 is 0 Å². The van der Waals surface area contributed by atoms with Crippen LogP contribution in [0.3, 0.4) is 0 Å². The van der Waals surface area contributed by atoms with E-state index < -0.39 is 0 Å². The molecule has 2 aliphatic rings. The van der Waals surface area contributed by atoms with E-state index in [4.69, 9.17) is 0 Å². The Morgan fingerprint density at radius 3 is 2.50 bits per heavy atom. The lowest BCUT2D eigenvalue weighted by Gasteiger charge is -2.17. The van der Waals surface area contributed by atoms with Crippen LogP contribution in [0, 0.1) is 11.8 Å². The number of piperidine rings is 1. The summed E-state index contributed by atoms with van der Waals surface area (Å²) < 4.78 is 0. The van der Waals surface area contributed by atoms with E-state index in [2.05, 4.69) is 21.8 Å². The van der Waals surface area contributed by atoms with Gasteiger partial charge in [0.2, 0.25) is 5.95 Å². The number of rotatable bonds is 2. The van der Waals surface area contributed by atoms with Gasteiger partial charge in [-0.05, 0) is 30.2 Å². The molecule has 3 heteroatoms. The molecule has 14 heavy (non-hydrogen) atoms. The molecule has 0 N–H and O–H groups in total. The highest BCUT2D eigenvalue weighted by atomic mass is 15.3. The van der Waals surface area contributed by atoms with Crippen LogP contribution in [-0.2, 0) is 6.42 Å². The molecule has 0 amide bonds. The molecule has 1 aliphatic carbocycles. The van der Waals surface area contributed by atoms with E-state index in [1.165, 1.54) is 25.1 Å². The summed E-state index contributed by atoms with van der Waals surface area (Å²) in [6, 6.07) is 0. The summed E-state index contributed by atoms with van der Waals surface area (Å²) in [5.74, 6) is 2.82. The van der Waals surface area contributed by atoms with Crippen molar-refractivity contribution in [2.24, 2.45) is 11.8 Å². The predicted octanol–water partition coefficient (Wildman–Crippen LogP) is 1.50. The Kier molecular flexibility index (Phi) is 1.72. The molecular weight excluding hydrogens is 174 g/mol. The number of nitrogens with zero attached hydrogens (tertiary/aromatic N) is 3. The summed E-state index contributed by atoms with van der Waals surface area (Å²) >= 11 is 0. The average Bonchev–Trinajstić information content (AvgIpc) is 2.86. The van der Waals surface area contributed by atoms with Crippen molar-refractivity contribution in [3.8, 4) is 0 Å². The minimum absolute atomic E-state index is 0.925. The maximum absolute atomic E-state index is 4.40. The van der Waals surface area contributed by atoms with E-state index in [-0.39, 0.29) is 0 Å². The first-order valence-corrected chi connectivity index (χ1v) is 5.42. The van der Waals surface area contributed by atoms with E-state index in [1.54, 1.807) is 0 Å². The molecule has 0 radical (unpaired) electrons. The third-order valence-electron chi connectivity index (χ3n) is 3.36. The van der Waals surface area contributed by atoms with Crippen molar-refractivity contribution in [1.82, 2.24) is 9.97 Å². The minimum atomic E-state index is 0.925. The van der Waals surface area contributed by atoms with Crippen LogP contribution in [0.1, 0.15) is 18.9 Å². The van der Waals surface area contributed by atoms with Crippen molar-refractivity contribution in [1.29, 1.82) is 0 Å². The smallest absolute Gasteiger partial charge is 0.225 e. The quantitative estimate of drug-likeness (QED) is 0.706. The molecule has 0 aromatic carbocycles. The first-order chi connectivity index (χ1) is 6.86. The highest BCUT2D eigenvalue weighted by Gasteiger charge is 2.45. The highest BCUT2D eigenvalue weighted by Crippen LogP contribution is 2.45. The van der Waals surface area contributed by atoms with Crippen LogP contribution < -0.4 is 4.90 Å². The number of hydrogen-bond donors (Lipinski definition) is 0. The molecule has 1 saturated carbocycles. The van der Waals surface area contributed by atoms with Crippen molar-refractivity contribution in [2.45, 2.75) is 19.8 Å². The van der Waals surface area contributed by atoms with E-state index in [0.29, 0.717) is 0 Å². The molecule has 0 spiro atoms. The molecule has 74 valence electrons. The van der Waals surface area contributed by atoms with E-state index in [9.17, 15) is 0 Å². The Balaban J connectivity index is 1.76. The normalized spacial score (nSPS) is 29.1. The zero-order valence-corrected chi connectivity index (χ0v) is 8.48. The van der Waals surface area contributed by atoms with Gasteiger partial charge in [0.15, 0.2) is 0 Å². The molecule has 2 atom stereocenters. The van der Waals surface area contributed by atoms with E-state index in [1.807, 2.05) is 12.4 Å². The predicted molar refractivity (Wildman–Crippen MR) is 55.2 cm³/mol. The summed E-state index contributed by atoms with van der Waals surface area (Å²) in [4.78, 5) is 11.1. The second kappa shape index (κ2) is 2.94. The van der Waals surface area contributed by atoms with E-state index >= 15 is 0 Å². The van der Waals surface area contributed by atoms with Gasteiger partial charge in [0.05, 0.1) is 0 Å². The van der Waals surface area contributed by atoms with Crippen LogP contribution in [0.25, 0.3) is 0 Å². The number of hydrogen-bond acceptors (Lipinski definition) is 3. The number of anilines is 1. The molecule has 1 aromatic rings. The van der Waals surface area contributed by atoms with Gasteiger partial charge < -0.3 is 4.90 Å². The van der Waals surface area contributed by atoms with Crippen molar-refractivity contribution in [2.75, 3.05) is 18.0 Å². The SMILES string of the molecule is CCc1cnc(N2CC3CC3C2)nc1. The summed E-state index contributed by atoms with van der Waals surface area (Å²) in [6.45, 7) is 4.48. The van der Waals surface area contributed by atoms with E-state index in [0.717, 1.165) is 24.2 Å². The highest BCUT2D eigenvalue weighted by molar-refractivity contribution is 5.34. The second-order valence-electron chi connectivity index (χ2n) is 4.41. The van der Waals surface area contributed by atoms with Gasteiger partial charge in [-0.1, -0.05) is 6.92 Å². The first kappa shape index (κ1) is 8.21. The Hall–Kier alpha value is -1.12. The van der Waals surface area contributed by atoms with Gasteiger partial charge in [-0.15, -0.1) is 0 Å². The fourth-order valence-corrected chi connectivity index (χ4v) is 2.26. The van der Waals surface area contributed by atoms with Crippen LogP contribution in [-0.4, -0.2) is 23.1 Å². The molecule has 2 heterocycles. The summed E-state index contributed by atoms with van der Waals surface area (Å²) in [7, 11) is 0. The lowest BCUT2D eigenvalue weighted by atomic mass is 10.3. The Labute approximate surface area is 84.2 Å². The Morgan fingerprint density at radius 1 is 1.29 bits per heavy atom. The molecule has 2 fully saturated rings. The summed E-state index contributed by atoms with van der Waals surface area (Å²) in [5, 5.41) is 0. The third kappa shape index (κ3) is 1.27. The van der Waals surface area contributed by atoms with Crippen LogP contribution in [0.15, 0.2) is 12.4 Å². The molecule has 3 rings (SSSR count). The standard InChI is InChI=1S/C11H15N3/c1-2-8-4-12-11(13-5-8)14-6-9-3-10(9)7-14/h4-5,9-10H,2-3,6-7H2,1H3. The van der Waals surface area contributed by atoms with Crippen molar-refractivity contribution in [3.05, 3.63) is 18.0 Å². The lowest BCUT2D eigenvalue weighted by Crippen LogP contribution is -2.23. The second-order valence-corrected chi connectivity index (χ2v) is 4.41. The van der Waals surface area contributed by atoms with Gasteiger partial charge in [-0.3, -0.25) is 0 Å². The molecule has 2 unspecified atom stereocenters. The topological polar surface area (TPSA) is 29.0 Å². The summed E-state index contributed by atoms with van der Waals surface area (Å²) in [6.07, 6.45) is 6.35.